The number of ketones is 1. The average molecular weight is 464 g/mol. The van der Waals surface area contributed by atoms with E-state index in [9.17, 15) is 9.59 Å². The van der Waals surface area contributed by atoms with Gasteiger partial charge in [0.15, 0.2) is 5.82 Å². The largest absolute Gasteiger partial charge is 0.344 e. The minimum absolute atomic E-state index is 0.0944. The fourth-order valence-corrected chi connectivity index (χ4v) is 4.08. The van der Waals surface area contributed by atoms with Gasteiger partial charge in [-0.2, -0.15) is 0 Å². The van der Waals surface area contributed by atoms with E-state index in [1.807, 2.05) is 24.4 Å². The number of benzene rings is 2. The number of fused-ring (bicyclic) bond motifs is 1. The summed E-state index contributed by atoms with van der Waals surface area (Å²) in [6.45, 7) is 7.47. The molecule has 0 saturated carbocycles. The zero-order valence-corrected chi connectivity index (χ0v) is 20.1. The molecule has 3 aromatic rings. The second-order valence-electron chi connectivity index (χ2n) is 8.80. The van der Waals surface area contributed by atoms with E-state index in [1.54, 1.807) is 17.7 Å². The normalized spacial score (nSPS) is 11.2. The van der Waals surface area contributed by atoms with Crippen LogP contribution >= 0.6 is 0 Å². The van der Waals surface area contributed by atoms with Crippen molar-refractivity contribution in [3.63, 3.8) is 0 Å². The molecule has 174 valence electrons. The van der Waals surface area contributed by atoms with Crippen molar-refractivity contribution in [1.29, 1.82) is 0 Å². The Morgan fingerprint density at radius 3 is 2.14 bits per heavy atom. The summed E-state index contributed by atoms with van der Waals surface area (Å²) < 4.78 is 3.13. The number of nitrogens with zero attached hydrogens (tertiary/aromatic N) is 5. The number of hydrogen-bond donors (Lipinski definition) is 0. The zero-order chi connectivity index (χ0) is 24.7. The van der Waals surface area contributed by atoms with E-state index in [4.69, 9.17) is 0 Å². The molecule has 0 atom stereocenters. The van der Waals surface area contributed by atoms with Crippen molar-refractivity contribution in [2.75, 3.05) is 0 Å². The van der Waals surface area contributed by atoms with Crippen LogP contribution in [0.25, 0.3) is 33.9 Å². The van der Waals surface area contributed by atoms with Crippen LogP contribution in [0.1, 0.15) is 39.2 Å². The number of carbonyl (C=O) groups excluding carboxylic acids is 2. The van der Waals surface area contributed by atoms with Crippen LogP contribution in [0.3, 0.4) is 0 Å². The lowest BCUT2D eigenvalue weighted by Crippen LogP contribution is -2.11. The number of aryl methyl sites for hydroxylation is 3. The average Bonchev–Trinajstić information content (AvgIpc) is 3.44. The summed E-state index contributed by atoms with van der Waals surface area (Å²) in [5.74, 6) is 0.784. The van der Waals surface area contributed by atoms with Gasteiger partial charge in [0, 0.05) is 31.1 Å². The lowest BCUT2D eigenvalue weighted by molar-refractivity contribution is 0.0934. The molecule has 2 aliphatic rings. The Bertz CT molecular complexity index is 1540. The maximum atomic E-state index is 12.7. The van der Waals surface area contributed by atoms with Gasteiger partial charge in [0.1, 0.15) is 17.2 Å². The maximum absolute atomic E-state index is 12.7. The lowest BCUT2D eigenvalue weighted by Gasteiger charge is -2.06. The fourth-order valence-electron chi connectivity index (χ4n) is 4.08. The molecule has 7 nitrogen and oxygen atoms in total. The Morgan fingerprint density at radius 2 is 1.46 bits per heavy atom. The van der Waals surface area contributed by atoms with E-state index in [0.29, 0.717) is 17.3 Å². The van der Waals surface area contributed by atoms with Gasteiger partial charge in [-0.1, -0.05) is 42.5 Å². The molecular formula is C28H25N5O2. The zero-order valence-electron chi connectivity index (χ0n) is 20.1. The molecule has 2 aliphatic heterocycles. The monoisotopic (exact) mass is 463 g/mol. The summed E-state index contributed by atoms with van der Waals surface area (Å²) in [5, 5.41) is 0. The predicted octanol–water partition coefficient (Wildman–Crippen LogP) is 5.38. The Kier molecular flexibility index (Phi) is 5.61. The summed E-state index contributed by atoms with van der Waals surface area (Å²) >= 11 is 0. The summed E-state index contributed by atoms with van der Waals surface area (Å²) in [4.78, 5) is 37.9. The first-order chi connectivity index (χ1) is 16.8. The van der Waals surface area contributed by atoms with Gasteiger partial charge in [0.25, 0.3) is 0 Å². The van der Waals surface area contributed by atoms with Gasteiger partial charge in [-0.15, -0.1) is 0 Å². The van der Waals surface area contributed by atoms with Crippen molar-refractivity contribution >= 4 is 11.7 Å². The lowest BCUT2D eigenvalue weighted by atomic mass is 9.99. The topological polar surface area (TPSA) is 82.7 Å². The van der Waals surface area contributed by atoms with Gasteiger partial charge in [-0.05, 0) is 49.1 Å². The van der Waals surface area contributed by atoms with Crippen LogP contribution < -0.4 is 0 Å². The van der Waals surface area contributed by atoms with E-state index in [0.717, 1.165) is 16.8 Å². The first kappa shape index (κ1) is 22.4. The van der Waals surface area contributed by atoms with E-state index in [1.165, 1.54) is 34.4 Å². The van der Waals surface area contributed by atoms with Gasteiger partial charge in [-0.25, -0.2) is 15.0 Å². The number of pyridine rings is 1. The molecule has 0 aliphatic carbocycles. The minimum Gasteiger partial charge on any atom is -0.344 e. The number of Topliss-reactive ketones (excluding diaryl/α,β-unsaturated/α-hetero) is 1. The van der Waals surface area contributed by atoms with Crippen molar-refractivity contribution in [3.05, 3.63) is 89.8 Å². The molecule has 0 radical (unpaired) electrons. The third-order valence-electron chi connectivity index (χ3n) is 6.24. The fraction of sp³-hybridized carbons (Fsp3) is 0.179. The molecule has 1 aromatic heterocycles. The molecule has 35 heavy (non-hydrogen) atoms. The van der Waals surface area contributed by atoms with Gasteiger partial charge in [0.2, 0.25) is 11.7 Å². The molecule has 0 saturated heterocycles. The van der Waals surface area contributed by atoms with Gasteiger partial charge >= 0.3 is 0 Å². The first-order valence-electron chi connectivity index (χ1n) is 11.4. The second-order valence-corrected chi connectivity index (χ2v) is 8.80. The Hall–Kier alpha value is -4.39. The molecule has 0 spiro atoms. The van der Waals surface area contributed by atoms with Gasteiger partial charge in [-0.3, -0.25) is 14.2 Å². The third-order valence-corrected chi connectivity index (χ3v) is 6.24. The minimum atomic E-state index is -0.181. The summed E-state index contributed by atoms with van der Waals surface area (Å²) in [6.07, 6.45) is 5.10. The van der Waals surface area contributed by atoms with Crippen LogP contribution in [0.15, 0.2) is 67.1 Å². The highest BCUT2D eigenvalue weighted by Gasteiger charge is 2.17. The van der Waals surface area contributed by atoms with Crippen molar-refractivity contribution in [3.8, 4) is 33.9 Å². The van der Waals surface area contributed by atoms with Crippen LogP contribution in [0.5, 0.6) is 0 Å². The first-order valence-corrected chi connectivity index (χ1v) is 11.4. The van der Waals surface area contributed by atoms with Crippen molar-refractivity contribution < 1.29 is 9.59 Å². The molecule has 0 fully saturated rings. The highest BCUT2D eigenvalue weighted by atomic mass is 16.2. The molecule has 3 heterocycles. The number of hydrogen-bond acceptors (Lipinski definition) is 5. The molecule has 7 heteroatoms. The molecule has 2 aromatic carbocycles. The number of rotatable bonds is 5. The van der Waals surface area contributed by atoms with Gasteiger partial charge < -0.3 is 4.57 Å². The second kappa shape index (κ2) is 8.76. The Morgan fingerprint density at radius 1 is 0.771 bits per heavy atom. The predicted molar refractivity (Wildman–Crippen MR) is 135 cm³/mol. The van der Waals surface area contributed by atoms with E-state index in [-0.39, 0.29) is 23.9 Å². The standard InChI is InChI=1S/C28H25N5O2/c1-17-5-6-23(13-18(17)2)21-7-9-22(10-8-21)28-30-24-11-12-32(14-25(24)31-28)16-27(35)26-15-33(20(4)34)19(3)29-26/h5-15H,16H2,1-4H3. The number of imidazole rings is 2. The Balaban J connectivity index is 1.36. The molecule has 0 bridgehead atoms. The quantitative estimate of drug-likeness (QED) is 0.327. The highest BCUT2D eigenvalue weighted by molar-refractivity contribution is 5.95. The van der Waals surface area contributed by atoms with Crippen molar-refractivity contribution in [1.82, 2.24) is 24.1 Å². The van der Waals surface area contributed by atoms with Crippen molar-refractivity contribution in [2.24, 2.45) is 0 Å². The van der Waals surface area contributed by atoms with E-state index in [2.05, 4.69) is 59.1 Å². The molecule has 0 N–H and O–H groups in total. The molecule has 0 unspecified atom stereocenters. The molecular weight excluding hydrogens is 438 g/mol. The maximum Gasteiger partial charge on any atom is 0.228 e. The summed E-state index contributed by atoms with van der Waals surface area (Å²) in [7, 11) is 0. The molecule has 5 rings (SSSR count). The molecule has 0 amide bonds. The van der Waals surface area contributed by atoms with Crippen LogP contribution in [0.4, 0.5) is 0 Å². The van der Waals surface area contributed by atoms with Gasteiger partial charge in [0.05, 0.1) is 12.2 Å². The van der Waals surface area contributed by atoms with Crippen LogP contribution in [0, 0.1) is 20.8 Å². The third kappa shape index (κ3) is 4.40. The summed E-state index contributed by atoms with van der Waals surface area (Å²) in [6, 6.07) is 16.6. The highest BCUT2D eigenvalue weighted by Crippen LogP contribution is 2.28. The van der Waals surface area contributed by atoms with Crippen molar-refractivity contribution in [2.45, 2.75) is 34.2 Å². The van der Waals surface area contributed by atoms with Crippen LogP contribution in [-0.2, 0) is 6.54 Å². The Labute approximate surface area is 203 Å². The van der Waals surface area contributed by atoms with E-state index < -0.39 is 0 Å². The van der Waals surface area contributed by atoms with Crippen LogP contribution in [-0.4, -0.2) is 35.8 Å². The van der Waals surface area contributed by atoms with Crippen LogP contribution in [0.2, 0.25) is 0 Å². The SMILES string of the molecule is CC(=O)n1cc(C(=O)Cn2ccc3nc(-c4ccc(-c5ccc(C)c(C)c5)cc4)nc-3c2)nc1C. The smallest absolute Gasteiger partial charge is 0.228 e. The van der Waals surface area contributed by atoms with E-state index >= 15 is 0 Å². The number of aromatic nitrogens is 5. The summed E-state index contributed by atoms with van der Waals surface area (Å²) in [5.41, 5.74) is 7.55. The number of carbonyl (C=O) groups is 2.